The first-order valence-corrected chi connectivity index (χ1v) is 3.07. The van der Waals surface area contributed by atoms with E-state index in [1.165, 1.54) is 7.05 Å². The molecule has 1 N–H and O–H groups in total. The molecule has 0 fully saturated rings. The first-order valence-electron chi connectivity index (χ1n) is 3.07. The van der Waals surface area contributed by atoms with E-state index in [-0.39, 0.29) is 0 Å². The van der Waals surface area contributed by atoms with Gasteiger partial charge in [-0.1, -0.05) is 0 Å². The highest BCUT2D eigenvalue weighted by Crippen LogP contribution is 2.20. The summed E-state index contributed by atoms with van der Waals surface area (Å²) in [6.07, 6.45) is 0. The molecule has 1 rings (SSSR count). The molecular formula is C6H6N2O4. The molecular weight excluding hydrogens is 164 g/mol. The molecule has 6 nitrogen and oxygen atoms in total. The van der Waals surface area contributed by atoms with Crippen molar-refractivity contribution < 1.29 is 10.0 Å². The molecule has 0 amide bonds. The van der Waals surface area contributed by atoms with Gasteiger partial charge in [0.1, 0.15) is 0 Å². The van der Waals surface area contributed by atoms with Gasteiger partial charge in [-0.15, -0.1) is 0 Å². The summed E-state index contributed by atoms with van der Waals surface area (Å²) in [5.41, 5.74) is -0.963. The van der Waals surface area contributed by atoms with Crippen molar-refractivity contribution in [2.24, 2.45) is 7.05 Å². The SMILES string of the molecule is Cn1c(O)c([N+](=O)[O-])ccc1=O. The average Bonchev–Trinajstić information content (AvgIpc) is 2.00. The summed E-state index contributed by atoms with van der Waals surface area (Å²) in [7, 11) is 1.25. The normalized spacial score (nSPS) is 9.75. The average molecular weight is 170 g/mol. The molecule has 0 spiro atoms. The van der Waals surface area contributed by atoms with Crippen LogP contribution >= 0.6 is 0 Å². The van der Waals surface area contributed by atoms with Crippen molar-refractivity contribution in [3.05, 3.63) is 32.6 Å². The zero-order chi connectivity index (χ0) is 9.30. The molecule has 0 atom stereocenters. The molecule has 1 heterocycles. The maximum atomic E-state index is 10.8. The number of pyridine rings is 1. The Hall–Kier alpha value is -1.85. The lowest BCUT2D eigenvalue weighted by Gasteiger charge is -1.99. The van der Waals surface area contributed by atoms with Gasteiger partial charge in [-0.2, -0.15) is 0 Å². The molecule has 12 heavy (non-hydrogen) atoms. The van der Waals surface area contributed by atoms with Crippen molar-refractivity contribution in [1.82, 2.24) is 4.57 Å². The predicted octanol–water partition coefficient (Wildman–Crippen LogP) is -0.000900. The van der Waals surface area contributed by atoms with Gasteiger partial charge in [0.25, 0.3) is 11.4 Å². The van der Waals surface area contributed by atoms with Gasteiger partial charge in [0, 0.05) is 19.2 Å². The Bertz CT molecular complexity index is 382. The van der Waals surface area contributed by atoms with Gasteiger partial charge < -0.3 is 5.11 Å². The van der Waals surface area contributed by atoms with Crippen molar-refractivity contribution in [3.8, 4) is 5.88 Å². The van der Waals surface area contributed by atoms with Crippen LogP contribution in [0, 0.1) is 10.1 Å². The molecule has 6 heteroatoms. The van der Waals surface area contributed by atoms with Crippen LogP contribution in [0.3, 0.4) is 0 Å². The van der Waals surface area contributed by atoms with Gasteiger partial charge in [-0.05, 0) is 0 Å². The fraction of sp³-hybridized carbons (Fsp3) is 0.167. The van der Waals surface area contributed by atoms with Crippen LogP contribution in [-0.4, -0.2) is 14.6 Å². The van der Waals surface area contributed by atoms with Gasteiger partial charge in [0.15, 0.2) is 0 Å². The lowest BCUT2D eigenvalue weighted by atomic mass is 10.4. The summed E-state index contributed by atoms with van der Waals surface area (Å²) in [5, 5.41) is 19.3. The Balaban J connectivity index is 3.47. The van der Waals surface area contributed by atoms with E-state index in [0.717, 1.165) is 16.7 Å². The first-order chi connectivity index (χ1) is 5.54. The van der Waals surface area contributed by atoms with Crippen LogP contribution < -0.4 is 5.56 Å². The van der Waals surface area contributed by atoms with Gasteiger partial charge in [-0.3, -0.25) is 19.5 Å². The van der Waals surface area contributed by atoms with Crippen LogP contribution in [0.1, 0.15) is 0 Å². The van der Waals surface area contributed by atoms with Crippen molar-refractivity contribution in [1.29, 1.82) is 0 Å². The number of nitrogens with zero attached hydrogens (tertiary/aromatic N) is 2. The number of hydrogen-bond donors (Lipinski definition) is 1. The van der Waals surface area contributed by atoms with Crippen LogP contribution in [0.25, 0.3) is 0 Å². The minimum Gasteiger partial charge on any atom is -0.490 e. The molecule has 1 aromatic heterocycles. The smallest absolute Gasteiger partial charge is 0.329 e. The lowest BCUT2D eigenvalue weighted by Crippen LogP contribution is -2.15. The third-order valence-electron chi connectivity index (χ3n) is 1.46. The van der Waals surface area contributed by atoms with Crippen molar-refractivity contribution in [3.63, 3.8) is 0 Å². The van der Waals surface area contributed by atoms with Gasteiger partial charge in [0.2, 0.25) is 0 Å². The maximum Gasteiger partial charge on any atom is 0.329 e. The second-order valence-electron chi connectivity index (χ2n) is 2.20. The summed E-state index contributed by atoms with van der Waals surface area (Å²) >= 11 is 0. The van der Waals surface area contributed by atoms with Crippen molar-refractivity contribution in [2.45, 2.75) is 0 Å². The molecule has 0 saturated heterocycles. The standard InChI is InChI=1S/C6H6N2O4/c1-7-5(9)3-2-4(6(7)10)8(11)12/h2-3,10H,1H3. The number of aromatic nitrogens is 1. The predicted molar refractivity (Wildman–Crippen MR) is 40.0 cm³/mol. The van der Waals surface area contributed by atoms with E-state index in [2.05, 4.69) is 0 Å². The second-order valence-corrected chi connectivity index (χ2v) is 2.20. The Morgan fingerprint density at radius 3 is 2.67 bits per heavy atom. The topological polar surface area (TPSA) is 85.4 Å². The van der Waals surface area contributed by atoms with Crippen LogP contribution in [0.2, 0.25) is 0 Å². The Morgan fingerprint density at radius 2 is 2.17 bits per heavy atom. The van der Waals surface area contributed by atoms with E-state index in [0.29, 0.717) is 0 Å². The summed E-state index contributed by atoms with van der Waals surface area (Å²) < 4.78 is 0.804. The largest absolute Gasteiger partial charge is 0.490 e. The van der Waals surface area contributed by atoms with Gasteiger partial charge in [-0.25, -0.2) is 0 Å². The lowest BCUT2D eigenvalue weighted by molar-refractivity contribution is -0.386. The Morgan fingerprint density at radius 1 is 1.58 bits per heavy atom. The molecule has 0 aromatic carbocycles. The third-order valence-corrected chi connectivity index (χ3v) is 1.46. The number of hydrogen-bond acceptors (Lipinski definition) is 4. The van der Waals surface area contributed by atoms with Crippen molar-refractivity contribution >= 4 is 5.69 Å². The summed E-state index contributed by atoms with van der Waals surface area (Å²) in [4.78, 5) is 20.3. The van der Waals surface area contributed by atoms with E-state index >= 15 is 0 Å². The fourth-order valence-electron chi connectivity index (χ4n) is 0.755. The maximum absolute atomic E-state index is 10.8. The molecule has 64 valence electrons. The first kappa shape index (κ1) is 8.25. The van der Waals surface area contributed by atoms with Crippen molar-refractivity contribution in [2.75, 3.05) is 0 Å². The van der Waals surface area contributed by atoms with Crippen LogP contribution in [0.15, 0.2) is 16.9 Å². The molecule has 0 bridgehead atoms. The number of rotatable bonds is 1. The highest BCUT2D eigenvalue weighted by atomic mass is 16.6. The molecule has 1 aromatic rings. The molecule has 0 aliphatic carbocycles. The summed E-state index contributed by atoms with van der Waals surface area (Å²) in [6.45, 7) is 0. The minimum atomic E-state index is -0.755. The highest BCUT2D eigenvalue weighted by molar-refractivity contribution is 5.39. The Kier molecular flexibility index (Phi) is 1.82. The Labute approximate surface area is 66.8 Å². The zero-order valence-corrected chi connectivity index (χ0v) is 6.22. The highest BCUT2D eigenvalue weighted by Gasteiger charge is 2.15. The van der Waals surface area contributed by atoms with Gasteiger partial charge in [0.05, 0.1) is 4.92 Å². The molecule has 0 aliphatic heterocycles. The minimum absolute atomic E-state index is 0.475. The molecule has 0 unspecified atom stereocenters. The van der Waals surface area contributed by atoms with Gasteiger partial charge >= 0.3 is 5.69 Å². The second kappa shape index (κ2) is 2.65. The third kappa shape index (κ3) is 1.14. The summed E-state index contributed by atoms with van der Waals surface area (Å²) in [5.74, 6) is -0.632. The number of nitro groups is 1. The van der Waals surface area contributed by atoms with E-state index in [9.17, 15) is 14.9 Å². The van der Waals surface area contributed by atoms with Crippen LogP contribution in [0.5, 0.6) is 5.88 Å². The molecule has 0 saturated carbocycles. The zero-order valence-electron chi connectivity index (χ0n) is 6.22. The quantitative estimate of drug-likeness (QED) is 0.474. The summed E-state index contributed by atoms with van der Waals surface area (Å²) in [6, 6.07) is 2.00. The van der Waals surface area contributed by atoms with E-state index in [1.807, 2.05) is 0 Å². The monoisotopic (exact) mass is 170 g/mol. The molecule has 0 radical (unpaired) electrons. The van der Waals surface area contributed by atoms with E-state index in [1.54, 1.807) is 0 Å². The fourth-order valence-corrected chi connectivity index (χ4v) is 0.755. The van der Waals surface area contributed by atoms with E-state index in [4.69, 9.17) is 5.11 Å². The van der Waals surface area contributed by atoms with Crippen LogP contribution in [0.4, 0.5) is 5.69 Å². The number of aromatic hydroxyl groups is 1. The van der Waals surface area contributed by atoms with E-state index < -0.39 is 22.0 Å². The van der Waals surface area contributed by atoms with Crippen LogP contribution in [-0.2, 0) is 7.05 Å². The molecule has 0 aliphatic rings.